The predicted octanol–water partition coefficient (Wildman–Crippen LogP) is 3.75. The predicted molar refractivity (Wildman–Crippen MR) is 91.2 cm³/mol. The monoisotopic (exact) mass is 332 g/mol. The zero-order chi connectivity index (χ0) is 16.1. The number of carbonyl (C=O) groups excluding carboxylic acids is 1. The molecule has 2 aromatic rings. The number of amides is 2. The maximum Gasteiger partial charge on any atom is 0.322 e. The first kappa shape index (κ1) is 15.8. The number of hydrogen-bond donors (Lipinski definition) is 1. The van der Waals surface area contributed by atoms with Gasteiger partial charge in [0.05, 0.1) is 12.6 Å². The number of nitrogens with one attached hydrogen (secondary N) is 1. The number of rotatable bonds is 6. The van der Waals surface area contributed by atoms with Crippen molar-refractivity contribution in [1.29, 1.82) is 0 Å². The molecule has 0 aliphatic carbocycles. The number of nitrogens with zero attached hydrogens (tertiary/aromatic N) is 1. The van der Waals surface area contributed by atoms with Crippen LogP contribution in [0.4, 0.5) is 10.5 Å². The highest BCUT2D eigenvalue weighted by Gasteiger charge is 2.33. The maximum atomic E-state index is 12.4. The van der Waals surface area contributed by atoms with Gasteiger partial charge >= 0.3 is 6.03 Å². The van der Waals surface area contributed by atoms with Crippen LogP contribution in [-0.4, -0.2) is 37.8 Å². The van der Waals surface area contributed by atoms with Crippen molar-refractivity contribution >= 4 is 23.1 Å². The number of carbonyl (C=O) groups is 1. The number of thiophene rings is 1. The van der Waals surface area contributed by atoms with Crippen LogP contribution in [0.25, 0.3) is 0 Å². The summed E-state index contributed by atoms with van der Waals surface area (Å²) in [4.78, 5) is 15.5. The standard InChI is InChI=1S/C17H20N2O3S/c1-21-9-10-22-14-5-2-4-13(12-14)18-17(20)19-8-7-15(19)16-6-3-11-23-16/h2-6,11-12,15H,7-10H2,1H3,(H,18,20)/t15-/m0/s1. The zero-order valence-corrected chi connectivity index (χ0v) is 13.8. The van der Waals surface area contributed by atoms with Gasteiger partial charge in [-0.25, -0.2) is 4.79 Å². The second kappa shape index (κ2) is 7.48. The van der Waals surface area contributed by atoms with Crippen LogP contribution in [0.2, 0.25) is 0 Å². The van der Waals surface area contributed by atoms with Crippen LogP contribution in [0.5, 0.6) is 5.75 Å². The first-order valence-electron chi connectivity index (χ1n) is 7.61. The molecule has 0 saturated carbocycles. The third-order valence-electron chi connectivity index (χ3n) is 3.79. The van der Waals surface area contributed by atoms with E-state index in [1.54, 1.807) is 18.4 Å². The first-order chi connectivity index (χ1) is 11.3. The fraction of sp³-hybridized carbons (Fsp3) is 0.353. The summed E-state index contributed by atoms with van der Waals surface area (Å²) in [6, 6.07) is 11.7. The smallest absolute Gasteiger partial charge is 0.322 e. The highest BCUT2D eigenvalue weighted by molar-refractivity contribution is 7.10. The Morgan fingerprint density at radius 2 is 2.26 bits per heavy atom. The SMILES string of the molecule is COCCOc1cccc(NC(=O)N2CC[C@H]2c2cccs2)c1. The van der Waals surface area contributed by atoms with E-state index in [0.717, 1.165) is 24.4 Å². The minimum atomic E-state index is -0.0660. The number of anilines is 1. The average Bonchev–Trinajstić information content (AvgIpc) is 3.00. The number of urea groups is 1. The minimum Gasteiger partial charge on any atom is -0.491 e. The molecule has 1 aromatic carbocycles. The van der Waals surface area contributed by atoms with Crippen LogP contribution < -0.4 is 10.1 Å². The minimum absolute atomic E-state index is 0.0660. The lowest BCUT2D eigenvalue weighted by molar-refractivity contribution is 0.128. The Morgan fingerprint density at radius 1 is 1.35 bits per heavy atom. The Morgan fingerprint density at radius 3 is 2.96 bits per heavy atom. The number of ether oxygens (including phenoxy) is 2. The molecule has 1 aromatic heterocycles. The van der Waals surface area contributed by atoms with E-state index < -0.39 is 0 Å². The number of methoxy groups -OCH3 is 1. The van der Waals surface area contributed by atoms with Crippen molar-refractivity contribution in [1.82, 2.24) is 4.90 Å². The molecule has 5 nitrogen and oxygen atoms in total. The zero-order valence-electron chi connectivity index (χ0n) is 13.0. The second-order valence-corrected chi connectivity index (χ2v) is 6.29. The van der Waals surface area contributed by atoms with Gasteiger partial charge in [-0.05, 0) is 30.0 Å². The molecule has 1 fully saturated rings. The van der Waals surface area contributed by atoms with Gasteiger partial charge in [-0.3, -0.25) is 0 Å². The van der Waals surface area contributed by atoms with Gasteiger partial charge in [0.2, 0.25) is 0 Å². The van der Waals surface area contributed by atoms with Gasteiger partial charge in [-0.2, -0.15) is 0 Å². The van der Waals surface area contributed by atoms with Crippen molar-refractivity contribution < 1.29 is 14.3 Å². The van der Waals surface area contributed by atoms with Crippen LogP contribution in [0.15, 0.2) is 41.8 Å². The molecule has 1 aliphatic heterocycles. The second-order valence-electron chi connectivity index (χ2n) is 5.31. The lowest BCUT2D eigenvalue weighted by Crippen LogP contribution is -2.46. The summed E-state index contributed by atoms with van der Waals surface area (Å²) in [6.45, 7) is 1.81. The molecule has 1 saturated heterocycles. The molecule has 0 unspecified atom stereocenters. The van der Waals surface area contributed by atoms with Crippen LogP contribution in [0.3, 0.4) is 0 Å². The van der Waals surface area contributed by atoms with Gasteiger partial charge in [0.1, 0.15) is 12.4 Å². The lowest BCUT2D eigenvalue weighted by Gasteiger charge is -2.40. The van der Waals surface area contributed by atoms with Crippen LogP contribution in [-0.2, 0) is 4.74 Å². The van der Waals surface area contributed by atoms with Crippen molar-refractivity contribution in [3.05, 3.63) is 46.7 Å². The Balaban J connectivity index is 1.58. The molecule has 0 spiro atoms. The van der Waals surface area contributed by atoms with Gasteiger partial charge in [0.25, 0.3) is 0 Å². The Hall–Kier alpha value is -2.05. The van der Waals surface area contributed by atoms with E-state index in [2.05, 4.69) is 11.4 Å². The van der Waals surface area contributed by atoms with Crippen molar-refractivity contribution in [2.24, 2.45) is 0 Å². The highest BCUT2D eigenvalue weighted by Crippen LogP contribution is 2.36. The van der Waals surface area contributed by atoms with E-state index in [1.807, 2.05) is 40.6 Å². The fourth-order valence-corrected chi connectivity index (χ4v) is 3.38. The number of hydrogen-bond acceptors (Lipinski definition) is 4. The molecule has 3 rings (SSSR count). The molecule has 2 heterocycles. The van der Waals surface area contributed by atoms with E-state index in [-0.39, 0.29) is 12.1 Å². The largest absolute Gasteiger partial charge is 0.491 e. The number of likely N-dealkylation sites (tertiary alicyclic amines) is 1. The van der Waals surface area contributed by atoms with Crippen molar-refractivity contribution in [2.45, 2.75) is 12.5 Å². The van der Waals surface area contributed by atoms with E-state index in [4.69, 9.17) is 9.47 Å². The maximum absolute atomic E-state index is 12.4. The molecule has 1 atom stereocenters. The average molecular weight is 332 g/mol. The van der Waals surface area contributed by atoms with E-state index in [0.29, 0.717) is 13.2 Å². The molecule has 6 heteroatoms. The van der Waals surface area contributed by atoms with E-state index in [9.17, 15) is 4.79 Å². The highest BCUT2D eigenvalue weighted by atomic mass is 32.1. The van der Waals surface area contributed by atoms with Crippen molar-refractivity contribution in [3.63, 3.8) is 0 Å². The fourth-order valence-electron chi connectivity index (χ4n) is 2.51. The Kier molecular flexibility index (Phi) is 5.15. The normalized spacial score (nSPS) is 16.7. The van der Waals surface area contributed by atoms with Gasteiger partial charge in [-0.1, -0.05) is 12.1 Å². The van der Waals surface area contributed by atoms with Gasteiger partial charge < -0.3 is 19.7 Å². The van der Waals surface area contributed by atoms with E-state index in [1.165, 1.54) is 4.88 Å². The lowest BCUT2D eigenvalue weighted by atomic mass is 10.0. The summed E-state index contributed by atoms with van der Waals surface area (Å²) in [5.41, 5.74) is 0.738. The number of benzene rings is 1. The van der Waals surface area contributed by atoms with Crippen LogP contribution in [0.1, 0.15) is 17.3 Å². The summed E-state index contributed by atoms with van der Waals surface area (Å²) in [5.74, 6) is 0.721. The molecular formula is C17H20N2O3S. The van der Waals surface area contributed by atoms with E-state index >= 15 is 0 Å². The topological polar surface area (TPSA) is 50.8 Å². The molecule has 0 bridgehead atoms. The molecule has 1 aliphatic rings. The molecule has 23 heavy (non-hydrogen) atoms. The van der Waals surface area contributed by atoms with Gasteiger partial charge in [-0.15, -0.1) is 11.3 Å². The molecule has 2 amide bonds. The third kappa shape index (κ3) is 3.83. The summed E-state index contributed by atoms with van der Waals surface area (Å²) in [6.07, 6.45) is 1.02. The van der Waals surface area contributed by atoms with Crippen LogP contribution >= 0.6 is 11.3 Å². The summed E-state index contributed by atoms with van der Waals surface area (Å²) in [5, 5.41) is 4.99. The summed E-state index contributed by atoms with van der Waals surface area (Å²) < 4.78 is 10.5. The van der Waals surface area contributed by atoms with Crippen LogP contribution in [0, 0.1) is 0 Å². The molecular weight excluding hydrogens is 312 g/mol. The first-order valence-corrected chi connectivity index (χ1v) is 8.48. The van der Waals surface area contributed by atoms with Crippen molar-refractivity contribution in [3.8, 4) is 5.75 Å². The summed E-state index contributed by atoms with van der Waals surface area (Å²) >= 11 is 1.69. The molecule has 0 radical (unpaired) electrons. The molecule has 1 N–H and O–H groups in total. The summed E-state index contributed by atoms with van der Waals surface area (Å²) in [7, 11) is 1.64. The third-order valence-corrected chi connectivity index (χ3v) is 4.77. The van der Waals surface area contributed by atoms with Gasteiger partial charge in [0, 0.05) is 30.3 Å². The quantitative estimate of drug-likeness (QED) is 0.820. The van der Waals surface area contributed by atoms with Gasteiger partial charge in [0.15, 0.2) is 0 Å². The Bertz CT molecular complexity index is 645. The van der Waals surface area contributed by atoms with Crippen molar-refractivity contribution in [2.75, 3.05) is 32.2 Å². The molecule has 122 valence electrons. The Labute approximate surface area is 139 Å².